The van der Waals surface area contributed by atoms with Crippen molar-refractivity contribution in [1.82, 2.24) is 19.7 Å². The number of anilines is 1. The average molecular weight is 311 g/mol. The Balaban J connectivity index is 1.79. The summed E-state index contributed by atoms with van der Waals surface area (Å²) in [6, 6.07) is 10.5. The molecule has 0 saturated carbocycles. The van der Waals surface area contributed by atoms with Crippen LogP contribution in [0.5, 0.6) is 0 Å². The van der Waals surface area contributed by atoms with Gasteiger partial charge in [-0.25, -0.2) is 14.6 Å². The summed E-state index contributed by atoms with van der Waals surface area (Å²) >= 11 is 0. The highest BCUT2D eigenvalue weighted by molar-refractivity contribution is 5.86. The zero-order valence-corrected chi connectivity index (χ0v) is 13.2. The van der Waals surface area contributed by atoms with Crippen molar-refractivity contribution < 1.29 is 5.11 Å². The number of aliphatic hydroxyl groups excluding tert-OH is 1. The second-order valence-electron chi connectivity index (χ2n) is 5.45. The molecule has 0 bridgehead atoms. The maximum absolute atomic E-state index is 9.08. The number of rotatable bonds is 7. The Morgan fingerprint density at radius 3 is 2.78 bits per heavy atom. The molecule has 0 radical (unpaired) electrons. The van der Waals surface area contributed by atoms with Crippen LogP contribution in [-0.2, 0) is 6.54 Å². The molecule has 0 unspecified atom stereocenters. The average Bonchev–Trinajstić information content (AvgIpc) is 3.01. The van der Waals surface area contributed by atoms with E-state index >= 15 is 0 Å². The lowest BCUT2D eigenvalue weighted by atomic mass is 9.96. The standard InChI is InChI=1S/C17H21N5O/c1-2-13(14-6-4-3-5-7-14)10-18-16-15-11-21-22(8-9-23)17(15)20-12-19-16/h3-7,11-13,23H,2,8-10H2,1H3,(H,18,19,20)/t13-/m1/s1. The van der Waals surface area contributed by atoms with Gasteiger partial charge in [0.1, 0.15) is 12.1 Å². The van der Waals surface area contributed by atoms with E-state index < -0.39 is 0 Å². The molecule has 2 heterocycles. The Bertz CT molecular complexity index is 756. The van der Waals surface area contributed by atoms with Crippen molar-refractivity contribution >= 4 is 16.9 Å². The molecule has 0 aliphatic heterocycles. The molecule has 2 N–H and O–H groups in total. The molecule has 0 spiro atoms. The fraction of sp³-hybridized carbons (Fsp3) is 0.353. The first-order valence-electron chi connectivity index (χ1n) is 7.89. The third-order valence-electron chi connectivity index (χ3n) is 4.03. The van der Waals surface area contributed by atoms with Crippen LogP contribution in [0.15, 0.2) is 42.9 Å². The Hall–Kier alpha value is -2.47. The summed E-state index contributed by atoms with van der Waals surface area (Å²) in [6.45, 7) is 3.46. The van der Waals surface area contributed by atoms with Gasteiger partial charge in [0.2, 0.25) is 0 Å². The molecule has 1 aromatic carbocycles. The van der Waals surface area contributed by atoms with Gasteiger partial charge in [0, 0.05) is 12.5 Å². The Morgan fingerprint density at radius 2 is 2.04 bits per heavy atom. The van der Waals surface area contributed by atoms with Gasteiger partial charge in [0.15, 0.2) is 5.65 Å². The summed E-state index contributed by atoms with van der Waals surface area (Å²) in [5.41, 5.74) is 2.06. The predicted molar refractivity (Wildman–Crippen MR) is 90.4 cm³/mol. The van der Waals surface area contributed by atoms with E-state index in [4.69, 9.17) is 5.11 Å². The fourth-order valence-electron chi connectivity index (χ4n) is 2.74. The molecule has 0 aliphatic rings. The normalized spacial score (nSPS) is 12.4. The molecule has 3 rings (SSSR count). The van der Waals surface area contributed by atoms with Crippen molar-refractivity contribution in [3.63, 3.8) is 0 Å². The van der Waals surface area contributed by atoms with Crippen LogP contribution in [0.2, 0.25) is 0 Å². The molecular weight excluding hydrogens is 290 g/mol. The number of aliphatic hydroxyl groups is 1. The van der Waals surface area contributed by atoms with Crippen LogP contribution < -0.4 is 5.32 Å². The van der Waals surface area contributed by atoms with Crippen molar-refractivity contribution in [2.24, 2.45) is 0 Å². The maximum atomic E-state index is 9.08. The third kappa shape index (κ3) is 3.32. The van der Waals surface area contributed by atoms with Gasteiger partial charge in [-0.3, -0.25) is 0 Å². The molecule has 6 nitrogen and oxygen atoms in total. The number of benzene rings is 1. The Kier molecular flexibility index (Phi) is 4.83. The molecule has 2 aromatic heterocycles. The van der Waals surface area contributed by atoms with Crippen LogP contribution in [0.25, 0.3) is 11.0 Å². The monoisotopic (exact) mass is 311 g/mol. The van der Waals surface area contributed by atoms with E-state index in [9.17, 15) is 0 Å². The fourth-order valence-corrected chi connectivity index (χ4v) is 2.74. The van der Waals surface area contributed by atoms with Crippen molar-refractivity contribution in [2.45, 2.75) is 25.8 Å². The van der Waals surface area contributed by atoms with Gasteiger partial charge in [-0.05, 0) is 12.0 Å². The van der Waals surface area contributed by atoms with Crippen LogP contribution >= 0.6 is 0 Å². The Morgan fingerprint density at radius 1 is 1.22 bits per heavy atom. The Labute approximate surface area is 135 Å². The lowest BCUT2D eigenvalue weighted by Gasteiger charge is -2.16. The van der Waals surface area contributed by atoms with Gasteiger partial charge in [0.05, 0.1) is 24.7 Å². The SMILES string of the molecule is CC[C@H](CNc1ncnc2c1cnn2CCO)c1ccccc1. The van der Waals surface area contributed by atoms with E-state index in [1.165, 1.54) is 11.9 Å². The van der Waals surface area contributed by atoms with Gasteiger partial charge in [-0.2, -0.15) is 5.10 Å². The van der Waals surface area contributed by atoms with Crippen LogP contribution in [0.4, 0.5) is 5.82 Å². The molecule has 0 aliphatic carbocycles. The lowest BCUT2D eigenvalue weighted by Crippen LogP contribution is -2.13. The molecule has 0 fully saturated rings. The van der Waals surface area contributed by atoms with E-state index in [2.05, 4.69) is 51.6 Å². The molecule has 6 heteroatoms. The van der Waals surface area contributed by atoms with E-state index in [-0.39, 0.29) is 6.61 Å². The number of aromatic nitrogens is 4. The molecular formula is C17H21N5O. The van der Waals surface area contributed by atoms with Gasteiger partial charge in [-0.1, -0.05) is 37.3 Å². The zero-order chi connectivity index (χ0) is 16.1. The smallest absolute Gasteiger partial charge is 0.163 e. The summed E-state index contributed by atoms with van der Waals surface area (Å²) in [6.07, 6.45) is 4.33. The molecule has 0 saturated heterocycles. The number of nitrogens with one attached hydrogen (secondary N) is 1. The summed E-state index contributed by atoms with van der Waals surface area (Å²) in [4.78, 5) is 8.61. The highest BCUT2D eigenvalue weighted by Gasteiger charge is 2.12. The van der Waals surface area contributed by atoms with E-state index in [1.54, 1.807) is 10.9 Å². The molecule has 23 heavy (non-hydrogen) atoms. The van der Waals surface area contributed by atoms with Gasteiger partial charge < -0.3 is 10.4 Å². The first kappa shape index (κ1) is 15.4. The largest absolute Gasteiger partial charge is 0.394 e. The first-order chi connectivity index (χ1) is 11.3. The van der Waals surface area contributed by atoms with Crippen LogP contribution in [-0.4, -0.2) is 38.0 Å². The van der Waals surface area contributed by atoms with E-state index in [0.29, 0.717) is 12.5 Å². The molecule has 0 amide bonds. The van der Waals surface area contributed by atoms with Crippen LogP contribution in [0.1, 0.15) is 24.8 Å². The third-order valence-corrected chi connectivity index (χ3v) is 4.03. The maximum Gasteiger partial charge on any atom is 0.163 e. The van der Waals surface area contributed by atoms with E-state index in [0.717, 1.165) is 29.8 Å². The molecule has 120 valence electrons. The minimum atomic E-state index is 0.0372. The first-order valence-corrected chi connectivity index (χ1v) is 7.89. The van der Waals surface area contributed by atoms with E-state index in [1.807, 2.05) is 6.07 Å². The highest BCUT2D eigenvalue weighted by Crippen LogP contribution is 2.22. The van der Waals surface area contributed by atoms with Gasteiger partial charge in [0.25, 0.3) is 0 Å². The van der Waals surface area contributed by atoms with Gasteiger partial charge >= 0.3 is 0 Å². The summed E-state index contributed by atoms with van der Waals surface area (Å²) in [5.74, 6) is 1.21. The molecule has 3 aromatic rings. The van der Waals surface area contributed by atoms with Crippen molar-refractivity contribution in [3.05, 3.63) is 48.4 Å². The number of nitrogens with zero attached hydrogens (tertiary/aromatic N) is 4. The number of fused-ring (bicyclic) bond motifs is 1. The van der Waals surface area contributed by atoms with Crippen molar-refractivity contribution in [1.29, 1.82) is 0 Å². The predicted octanol–water partition coefficient (Wildman–Crippen LogP) is 2.42. The quantitative estimate of drug-likeness (QED) is 0.701. The van der Waals surface area contributed by atoms with Crippen LogP contribution in [0.3, 0.4) is 0 Å². The van der Waals surface area contributed by atoms with Crippen molar-refractivity contribution in [2.75, 3.05) is 18.5 Å². The zero-order valence-electron chi connectivity index (χ0n) is 13.2. The summed E-state index contributed by atoms with van der Waals surface area (Å²) in [5, 5.41) is 17.7. The van der Waals surface area contributed by atoms with Crippen LogP contribution in [0, 0.1) is 0 Å². The summed E-state index contributed by atoms with van der Waals surface area (Å²) < 4.78 is 1.69. The number of hydrogen-bond acceptors (Lipinski definition) is 5. The second-order valence-corrected chi connectivity index (χ2v) is 5.45. The van der Waals surface area contributed by atoms with Crippen molar-refractivity contribution in [3.8, 4) is 0 Å². The second kappa shape index (κ2) is 7.19. The summed E-state index contributed by atoms with van der Waals surface area (Å²) in [7, 11) is 0. The number of hydrogen-bond donors (Lipinski definition) is 2. The molecule has 1 atom stereocenters. The minimum absolute atomic E-state index is 0.0372. The van der Waals surface area contributed by atoms with Gasteiger partial charge in [-0.15, -0.1) is 0 Å². The lowest BCUT2D eigenvalue weighted by molar-refractivity contribution is 0.271. The topological polar surface area (TPSA) is 75.9 Å². The minimum Gasteiger partial charge on any atom is -0.394 e. The highest BCUT2D eigenvalue weighted by atomic mass is 16.3.